The second-order valence-electron chi connectivity index (χ2n) is 3.99. The molecular formula is C13H10Cl2FNO2S. The Kier molecular flexibility index (Phi) is 4.52. The van der Waals surface area contributed by atoms with Crippen molar-refractivity contribution < 1.29 is 12.8 Å². The number of alkyl halides is 1. The van der Waals surface area contributed by atoms with E-state index in [2.05, 4.69) is 4.72 Å². The van der Waals surface area contributed by atoms with Crippen molar-refractivity contribution in [2.75, 3.05) is 4.72 Å². The first-order valence-corrected chi connectivity index (χ1v) is 7.95. The maximum Gasteiger partial charge on any atom is 0.261 e. The molecule has 0 fully saturated rings. The highest BCUT2D eigenvalue weighted by Gasteiger charge is 2.16. The number of hydrogen-bond donors (Lipinski definition) is 1. The fourth-order valence-corrected chi connectivity index (χ4v) is 3.04. The van der Waals surface area contributed by atoms with Crippen LogP contribution in [-0.2, 0) is 15.9 Å². The van der Waals surface area contributed by atoms with E-state index in [1.54, 1.807) is 0 Å². The summed E-state index contributed by atoms with van der Waals surface area (Å²) in [5, 5.41) is 0.437. The molecule has 0 saturated heterocycles. The van der Waals surface area contributed by atoms with Gasteiger partial charge in [-0.1, -0.05) is 11.6 Å². The number of sulfonamides is 1. The predicted molar refractivity (Wildman–Crippen MR) is 78.2 cm³/mol. The smallest absolute Gasteiger partial charge is 0.261 e. The molecule has 0 heterocycles. The average Bonchev–Trinajstić information content (AvgIpc) is 2.41. The zero-order valence-electron chi connectivity index (χ0n) is 10.1. The van der Waals surface area contributed by atoms with Crippen LogP contribution in [0.25, 0.3) is 0 Å². The molecule has 106 valence electrons. The van der Waals surface area contributed by atoms with Gasteiger partial charge in [0.25, 0.3) is 10.0 Å². The minimum atomic E-state index is -3.77. The Labute approximate surface area is 126 Å². The van der Waals surface area contributed by atoms with Gasteiger partial charge in [0.15, 0.2) is 0 Å². The molecule has 0 bridgehead atoms. The molecule has 0 aromatic heterocycles. The van der Waals surface area contributed by atoms with Crippen LogP contribution in [0, 0.1) is 5.82 Å². The van der Waals surface area contributed by atoms with Crippen molar-refractivity contribution in [2.24, 2.45) is 0 Å². The van der Waals surface area contributed by atoms with E-state index in [1.165, 1.54) is 36.4 Å². The molecule has 2 aromatic carbocycles. The molecule has 0 aliphatic rings. The first kappa shape index (κ1) is 15.1. The zero-order valence-corrected chi connectivity index (χ0v) is 12.4. The van der Waals surface area contributed by atoms with Gasteiger partial charge in [0.2, 0.25) is 0 Å². The maximum absolute atomic E-state index is 13.1. The van der Waals surface area contributed by atoms with Crippen LogP contribution in [0.15, 0.2) is 47.4 Å². The van der Waals surface area contributed by atoms with Gasteiger partial charge in [0.05, 0.1) is 10.6 Å². The second kappa shape index (κ2) is 5.99. The molecule has 1 N–H and O–H groups in total. The number of hydrogen-bond acceptors (Lipinski definition) is 2. The molecule has 0 amide bonds. The normalized spacial score (nSPS) is 11.3. The molecule has 0 spiro atoms. The molecule has 0 saturated carbocycles. The van der Waals surface area contributed by atoms with Crippen molar-refractivity contribution in [3.63, 3.8) is 0 Å². The maximum atomic E-state index is 13.1. The van der Waals surface area contributed by atoms with Crippen molar-refractivity contribution in [1.29, 1.82) is 0 Å². The van der Waals surface area contributed by atoms with E-state index in [0.29, 0.717) is 10.6 Å². The molecule has 0 radical (unpaired) electrons. The largest absolute Gasteiger partial charge is 0.279 e. The highest BCUT2D eigenvalue weighted by molar-refractivity contribution is 7.92. The van der Waals surface area contributed by atoms with Crippen LogP contribution in [0.5, 0.6) is 0 Å². The SMILES string of the molecule is O=S(=O)(Nc1ccc(F)cc1CCl)c1ccc(Cl)cc1. The van der Waals surface area contributed by atoms with E-state index in [-0.39, 0.29) is 16.5 Å². The van der Waals surface area contributed by atoms with Gasteiger partial charge in [-0.2, -0.15) is 0 Å². The van der Waals surface area contributed by atoms with Crippen molar-refractivity contribution in [1.82, 2.24) is 0 Å². The van der Waals surface area contributed by atoms with E-state index < -0.39 is 15.8 Å². The van der Waals surface area contributed by atoms with Gasteiger partial charge in [0.1, 0.15) is 5.82 Å². The lowest BCUT2D eigenvalue weighted by Crippen LogP contribution is -2.14. The monoisotopic (exact) mass is 333 g/mol. The van der Waals surface area contributed by atoms with Crippen LogP contribution in [-0.4, -0.2) is 8.42 Å². The van der Waals surface area contributed by atoms with E-state index >= 15 is 0 Å². The summed E-state index contributed by atoms with van der Waals surface area (Å²) in [4.78, 5) is 0.0618. The van der Waals surface area contributed by atoms with Crippen molar-refractivity contribution in [2.45, 2.75) is 10.8 Å². The topological polar surface area (TPSA) is 46.2 Å². The minimum absolute atomic E-state index is 0.00374. The number of anilines is 1. The summed E-state index contributed by atoms with van der Waals surface area (Å²) < 4.78 is 39.8. The highest BCUT2D eigenvalue weighted by atomic mass is 35.5. The van der Waals surface area contributed by atoms with Crippen molar-refractivity contribution >= 4 is 38.9 Å². The third kappa shape index (κ3) is 3.42. The first-order chi connectivity index (χ1) is 9.42. The average molecular weight is 334 g/mol. The predicted octanol–water partition coefficient (Wildman–Crippen LogP) is 4.02. The second-order valence-corrected chi connectivity index (χ2v) is 6.38. The lowest BCUT2D eigenvalue weighted by Gasteiger charge is -2.11. The number of rotatable bonds is 4. The number of halogens is 3. The Morgan fingerprint density at radius 2 is 1.75 bits per heavy atom. The van der Waals surface area contributed by atoms with E-state index in [0.717, 1.165) is 6.07 Å². The summed E-state index contributed by atoms with van der Waals surface area (Å²) in [7, 11) is -3.77. The summed E-state index contributed by atoms with van der Waals surface area (Å²) in [6.07, 6.45) is 0. The molecule has 0 atom stereocenters. The fourth-order valence-electron chi connectivity index (χ4n) is 1.59. The molecule has 3 nitrogen and oxygen atoms in total. The Morgan fingerprint density at radius 1 is 1.10 bits per heavy atom. The van der Waals surface area contributed by atoms with Gasteiger partial charge in [0, 0.05) is 10.9 Å². The number of benzene rings is 2. The van der Waals surface area contributed by atoms with Crippen LogP contribution in [0.1, 0.15) is 5.56 Å². The Balaban J connectivity index is 2.35. The molecule has 2 aromatic rings. The van der Waals surface area contributed by atoms with Gasteiger partial charge in [-0.25, -0.2) is 12.8 Å². The van der Waals surface area contributed by atoms with E-state index in [4.69, 9.17) is 23.2 Å². The van der Waals surface area contributed by atoms with Gasteiger partial charge < -0.3 is 0 Å². The van der Waals surface area contributed by atoms with Crippen LogP contribution in [0.3, 0.4) is 0 Å². The van der Waals surface area contributed by atoms with Crippen molar-refractivity contribution in [3.8, 4) is 0 Å². The van der Waals surface area contributed by atoms with E-state index in [1.807, 2.05) is 0 Å². The fraction of sp³-hybridized carbons (Fsp3) is 0.0769. The molecule has 0 aliphatic heterocycles. The molecular weight excluding hydrogens is 324 g/mol. The quantitative estimate of drug-likeness (QED) is 0.859. The minimum Gasteiger partial charge on any atom is -0.279 e. The zero-order chi connectivity index (χ0) is 14.8. The van der Waals surface area contributed by atoms with Gasteiger partial charge in [-0.05, 0) is 48.0 Å². The third-order valence-electron chi connectivity index (χ3n) is 2.58. The Hall–Kier alpha value is -1.30. The Morgan fingerprint density at radius 3 is 2.35 bits per heavy atom. The van der Waals surface area contributed by atoms with Gasteiger partial charge in [-0.3, -0.25) is 4.72 Å². The molecule has 0 unspecified atom stereocenters. The summed E-state index contributed by atoms with van der Waals surface area (Å²) >= 11 is 11.4. The van der Waals surface area contributed by atoms with Crippen LogP contribution < -0.4 is 4.72 Å². The number of nitrogens with one attached hydrogen (secondary N) is 1. The molecule has 2 rings (SSSR count). The van der Waals surface area contributed by atoms with Crippen LogP contribution in [0.2, 0.25) is 5.02 Å². The standard InChI is InChI=1S/C13H10Cl2FNO2S/c14-8-9-7-11(16)3-6-13(9)17-20(18,19)12-4-1-10(15)2-5-12/h1-7,17H,8H2. The molecule has 0 aliphatic carbocycles. The summed E-state index contributed by atoms with van der Waals surface area (Å²) in [5.74, 6) is -0.481. The summed E-state index contributed by atoms with van der Waals surface area (Å²) in [6, 6.07) is 9.40. The first-order valence-electron chi connectivity index (χ1n) is 5.55. The summed E-state index contributed by atoms with van der Waals surface area (Å²) in [5.41, 5.74) is 0.612. The summed E-state index contributed by atoms with van der Waals surface area (Å²) in [6.45, 7) is 0. The lowest BCUT2D eigenvalue weighted by atomic mass is 10.2. The van der Waals surface area contributed by atoms with Gasteiger partial charge >= 0.3 is 0 Å². The highest BCUT2D eigenvalue weighted by Crippen LogP contribution is 2.23. The third-order valence-corrected chi connectivity index (χ3v) is 4.50. The Bertz CT molecular complexity index is 718. The van der Waals surface area contributed by atoms with Crippen molar-refractivity contribution in [3.05, 3.63) is 58.9 Å². The van der Waals surface area contributed by atoms with Crippen LogP contribution in [0.4, 0.5) is 10.1 Å². The lowest BCUT2D eigenvalue weighted by molar-refractivity contribution is 0.601. The van der Waals surface area contributed by atoms with Crippen LogP contribution >= 0.6 is 23.2 Å². The molecule has 20 heavy (non-hydrogen) atoms. The molecule has 7 heteroatoms. The van der Waals surface area contributed by atoms with E-state index in [9.17, 15) is 12.8 Å². The van der Waals surface area contributed by atoms with Gasteiger partial charge in [-0.15, -0.1) is 11.6 Å².